The molecule has 0 spiro atoms. The molecule has 1 aromatic heterocycles. The smallest absolute Gasteiger partial charge is 0.134 e. The van der Waals surface area contributed by atoms with Gasteiger partial charge in [0.2, 0.25) is 0 Å². The molecule has 0 saturated heterocycles. The van der Waals surface area contributed by atoms with E-state index in [4.69, 9.17) is 9.47 Å². The largest absolute Gasteiger partial charge is 0.496 e. The monoisotopic (exact) mass is 258 g/mol. The number of fused-ring (bicyclic) bond motifs is 1. The number of rotatable bonds is 4. The molecule has 4 heteroatoms. The van der Waals surface area contributed by atoms with Crippen LogP contribution in [-0.4, -0.2) is 31.3 Å². The van der Waals surface area contributed by atoms with Gasteiger partial charge in [-0.2, -0.15) is 0 Å². The Bertz CT molecular complexity index is 579. The molecule has 1 heterocycles. The molecule has 1 N–H and O–H groups in total. The van der Waals surface area contributed by atoms with Crippen LogP contribution in [0, 0.1) is 0 Å². The van der Waals surface area contributed by atoms with E-state index in [-0.39, 0.29) is 0 Å². The Labute approximate surface area is 112 Å². The van der Waals surface area contributed by atoms with Gasteiger partial charge < -0.3 is 14.8 Å². The minimum absolute atomic E-state index is 0.391. The molecule has 0 atom stereocenters. The van der Waals surface area contributed by atoms with Crippen molar-refractivity contribution in [3.05, 3.63) is 30.5 Å². The summed E-state index contributed by atoms with van der Waals surface area (Å²) >= 11 is 0. The number of ether oxygens (including phenoxy) is 2. The van der Waals surface area contributed by atoms with Gasteiger partial charge in [0.1, 0.15) is 11.6 Å². The highest BCUT2D eigenvalue weighted by molar-refractivity contribution is 5.95. The van der Waals surface area contributed by atoms with Gasteiger partial charge in [0.25, 0.3) is 0 Å². The predicted octanol–water partition coefficient (Wildman–Crippen LogP) is 2.83. The number of aromatic nitrogens is 1. The topological polar surface area (TPSA) is 43.4 Å². The summed E-state index contributed by atoms with van der Waals surface area (Å²) in [5.41, 5.74) is 0. The van der Waals surface area contributed by atoms with Gasteiger partial charge in [-0.1, -0.05) is 12.1 Å². The quantitative estimate of drug-likeness (QED) is 0.915. The second kappa shape index (κ2) is 5.05. The molecular formula is C15H18N2O2. The van der Waals surface area contributed by atoms with Crippen molar-refractivity contribution in [2.75, 3.05) is 19.5 Å². The van der Waals surface area contributed by atoms with E-state index in [1.807, 2.05) is 24.4 Å². The van der Waals surface area contributed by atoms with Crippen molar-refractivity contribution in [1.29, 1.82) is 0 Å². The van der Waals surface area contributed by atoms with Crippen LogP contribution < -0.4 is 10.1 Å². The van der Waals surface area contributed by atoms with E-state index >= 15 is 0 Å². The Kier molecular flexibility index (Phi) is 3.25. The van der Waals surface area contributed by atoms with Crippen LogP contribution in [0.5, 0.6) is 5.75 Å². The van der Waals surface area contributed by atoms with Crippen LogP contribution in [0.1, 0.15) is 12.8 Å². The summed E-state index contributed by atoms with van der Waals surface area (Å²) in [6.45, 7) is 0. The number of nitrogens with one attached hydrogen (secondary N) is 1. The fourth-order valence-electron chi connectivity index (χ4n) is 2.54. The summed E-state index contributed by atoms with van der Waals surface area (Å²) in [6.07, 6.45) is 4.29. The normalized spacial score (nSPS) is 22.0. The highest BCUT2D eigenvalue weighted by atomic mass is 16.5. The molecule has 0 bridgehead atoms. The summed E-state index contributed by atoms with van der Waals surface area (Å²) in [4.78, 5) is 4.45. The van der Waals surface area contributed by atoms with E-state index in [1.54, 1.807) is 14.2 Å². The molecule has 100 valence electrons. The zero-order valence-corrected chi connectivity index (χ0v) is 11.2. The minimum Gasteiger partial charge on any atom is -0.496 e. The van der Waals surface area contributed by atoms with Crippen LogP contribution in [0.15, 0.2) is 30.5 Å². The van der Waals surface area contributed by atoms with E-state index in [9.17, 15) is 0 Å². The fourth-order valence-corrected chi connectivity index (χ4v) is 2.54. The zero-order valence-electron chi connectivity index (χ0n) is 11.2. The van der Waals surface area contributed by atoms with E-state index in [0.29, 0.717) is 12.1 Å². The molecule has 3 rings (SSSR count). The molecule has 1 aliphatic carbocycles. The van der Waals surface area contributed by atoms with Gasteiger partial charge in [-0.15, -0.1) is 0 Å². The van der Waals surface area contributed by atoms with Crippen LogP contribution in [0.2, 0.25) is 0 Å². The standard InChI is InChI=1S/C15H18N2O2/c1-18-11-8-10(9-11)17-15-13-4-3-5-14(19-2)12(13)6-7-16-15/h3-7,10-11H,8-9H2,1-2H3,(H,16,17). The van der Waals surface area contributed by atoms with Crippen LogP contribution in [0.4, 0.5) is 5.82 Å². The lowest BCUT2D eigenvalue weighted by atomic mass is 9.89. The number of pyridine rings is 1. The maximum atomic E-state index is 5.39. The molecule has 0 amide bonds. The third-order valence-electron chi connectivity index (χ3n) is 3.75. The van der Waals surface area contributed by atoms with Crippen LogP contribution in [-0.2, 0) is 4.74 Å². The molecule has 1 saturated carbocycles. The van der Waals surface area contributed by atoms with Gasteiger partial charge in [0.15, 0.2) is 0 Å². The fraction of sp³-hybridized carbons (Fsp3) is 0.400. The lowest BCUT2D eigenvalue weighted by Crippen LogP contribution is -2.40. The average Bonchev–Trinajstić information content (AvgIpc) is 2.41. The Balaban J connectivity index is 1.88. The van der Waals surface area contributed by atoms with Crippen molar-refractivity contribution in [3.8, 4) is 5.75 Å². The third kappa shape index (κ3) is 2.24. The maximum absolute atomic E-state index is 5.39. The van der Waals surface area contributed by atoms with Crippen molar-refractivity contribution in [2.45, 2.75) is 25.0 Å². The first-order chi connectivity index (χ1) is 9.31. The average molecular weight is 258 g/mol. The molecule has 4 nitrogen and oxygen atoms in total. The molecule has 1 fully saturated rings. The molecule has 0 aliphatic heterocycles. The van der Waals surface area contributed by atoms with E-state index in [1.165, 1.54) is 0 Å². The molecule has 19 heavy (non-hydrogen) atoms. The second-order valence-electron chi connectivity index (χ2n) is 4.89. The van der Waals surface area contributed by atoms with Crippen molar-refractivity contribution in [2.24, 2.45) is 0 Å². The van der Waals surface area contributed by atoms with Crippen molar-refractivity contribution < 1.29 is 9.47 Å². The Morgan fingerprint density at radius 2 is 2.00 bits per heavy atom. The van der Waals surface area contributed by atoms with Gasteiger partial charge in [-0.25, -0.2) is 4.98 Å². The summed E-state index contributed by atoms with van der Waals surface area (Å²) in [5.74, 6) is 1.81. The lowest BCUT2D eigenvalue weighted by Gasteiger charge is -2.35. The SMILES string of the molecule is COc1cccc2c(NC3CC(OC)C3)nccc12. The molecule has 1 aliphatic rings. The van der Waals surface area contributed by atoms with Crippen LogP contribution in [0.3, 0.4) is 0 Å². The van der Waals surface area contributed by atoms with Gasteiger partial charge >= 0.3 is 0 Å². The first-order valence-electron chi connectivity index (χ1n) is 6.53. The third-order valence-corrected chi connectivity index (χ3v) is 3.75. The number of methoxy groups -OCH3 is 2. The molecule has 0 unspecified atom stereocenters. The zero-order chi connectivity index (χ0) is 13.2. The molecule has 2 aromatic rings. The summed E-state index contributed by atoms with van der Waals surface area (Å²) in [6, 6.07) is 8.47. The highest BCUT2D eigenvalue weighted by Gasteiger charge is 2.29. The second-order valence-corrected chi connectivity index (χ2v) is 4.89. The molecular weight excluding hydrogens is 240 g/mol. The first kappa shape index (κ1) is 12.2. The van der Waals surface area contributed by atoms with Gasteiger partial charge in [-0.3, -0.25) is 0 Å². The van der Waals surface area contributed by atoms with Crippen molar-refractivity contribution >= 4 is 16.6 Å². The Morgan fingerprint density at radius 1 is 1.16 bits per heavy atom. The van der Waals surface area contributed by atoms with Crippen molar-refractivity contribution in [1.82, 2.24) is 4.98 Å². The van der Waals surface area contributed by atoms with Crippen molar-refractivity contribution in [3.63, 3.8) is 0 Å². The van der Waals surface area contributed by atoms with Crippen LogP contribution >= 0.6 is 0 Å². The van der Waals surface area contributed by atoms with Gasteiger partial charge in [0, 0.05) is 30.1 Å². The van der Waals surface area contributed by atoms with E-state index < -0.39 is 0 Å². The maximum Gasteiger partial charge on any atom is 0.134 e. The Morgan fingerprint density at radius 3 is 2.74 bits per heavy atom. The number of nitrogens with zero attached hydrogens (tertiary/aromatic N) is 1. The lowest BCUT2D eigenvalue weighted by molar-refractivity contribution is 0.0328. The van der Waals surface area contributed by atoms with E-state index in [2.05, 4.69) is 16.4 Å². The summed E-state index contributed by atoms with van der Waals surface area (Å²) in [5, 5.41) is 5.68. The van der Waals surface area contributed by atoms with Gasteiger partial charge in [0.05, 0.1) is 13.2 Å². The van der Waals surface area contributed by atoms with Crippen LogP contribution in [0.25, 0.3) is 10.8 Å². The minimum atomic E-state index is 0.391. The predicted molar refractivity (Wildman–Crippen MR) is 75.7 cm³/mol. The molecule has 1 aromatic carbocycles. The first-order valence-corrected chi connectivity index (χ1v) is 6.53. The highest BCUT2D eigenvalue weighted by Crippen LogP contribution is 2.32. The number of hydrogen-bond acceptors (Lipinski definition) is 4. The number of benzene rings is 1. The van der Waals surface area contributed by atoms with Gasteiger partial charge in [-0.05, 0) is 25.0 Å². The number of hydrogen-bond donors (Lipinski definition) is 1. The molecule has 0 radical (unpaired) electrons. The summed E-state index contributed by atoms with van der Waals surface area (Å²) < 4.78 is 10.7. The Hall–Kier alpha value is -1.81. The number of anilines is 1. The summed E-state index contributed by atoms with van der Waals surface area (Å²) in [7, 11) is 3.46. The van der Waals surface area contributed by atoms with E-state index in [0.717, 1.165) is 35.2 Å².